The normalized spacial score (nSPS) is 12.8. The molecule has 1 N–H and O–H groups in total. The zero-order valence-corrected chi connectivity index (χ0v) is 10.2. The van der Waals surface area contributed by atoms with Gasteiger partial charge in [-0.2, -0.15) is 0 Å². The van der Waals surface area contributed by atoms with Crippen LogP contribution in [0.4, 0.5) is 0 Å². The Morgan fingerprint density at radius 1 is 1.16 bits per heavy atom. The molecule has 0 amide bonds. The fourth-order valence-electron chi connectivity index (χ4n) is 2.83. The monoisotopic (exact) mass is 250 g/mol. The van der Waals surface area contributed by atoms with E-state index in [1.54, 1.807) is 25.4 Å². The van der Waals surface area contributed by atoms with Crippen LogP contribution in [0.25, 0.3) is 22.0 Å². The van der Waals surface area contributed by atoms with Gasteiger partial charge in [-0.3, -0.25) is 9.78 Å². The summed E-state index contributed by atoms with van der Waals surface area (Å²) in [5.41, 5.74) is 2.74. The second-order valence-electron chi connectivity index (χ2n) is 4.69. The molecule has 4 heteroatoms. The number of hydrogen-bond acceptors (Lipinski definition) is 3. The first-order chi connectivity index (χ1) is 9.20. The van der Waals surface area contributed by atoms with Crippen LogP contribution in [0.1, 0.15) is 16.1 Å². The summed E-state index contributed by atoms with van der Waals surface area (Å²) in [4.78, 5) is 17.0. The van der Waals surface area contributed by atoms with E-state index in [2.05, 4.69) is 4.98 Å². The SMILES string of the molecule is Cn1c(O)c2ccnc3c2c1C(=O)c1ccccc1-3. The third-order valence-electron chi connectivity index (χ3n) is 3.72. The Morgan fingerprint density at radius 2 is 1.89 bits per heavy atom. The summed E-state index contributed by atoms with van der Waals surface area (Å²) in [6.45, 7) is 0. The zero-order chi connectivity index (χ0) is 13.1. The van der Waals surface area contributed by atoms with Gasteiger partial charge in [-0.1, -0.05) is 24.3 Å². The van der Waals surface area contributed by atoms with Crippen molar-refractivity contribution in [1.29, 1.82) is 0 Å². The number of benzene rings is 1. The maximum absolute atomic E-state index is 12.6. The minimum atomic E-state index is -0.0658. The number of rotatable bonds is 0. The molecule has 1 aliphatic rings. The van der Waals surface area contributed by atoms with E-state index in [1.165, 1.54) is 4.57 Å². The second kappa shape index (κ2) is 3.23. The van der Waals surface area contributed by atoms with Gasteiger partial charge in [0.1, 0.15) is 5.69 Å². The number of carbonyl (C=O) groups excluding carboxylic acids is 1. The van der Waals surface area contributed by atoms with Gasteiger partial charge < -0.3 is 9.67 Å². The van der Waals surface area contributed by atoms with E-state index < -0.39 is 0 Å². The van der Waals surface area contributed by atoms with E-state index >= 15 is 0 Å². The van der Waals surface area contributed by atoms with Gasteiger partial charge in [-0.25, -0.2) is 0 Å². The highest BCUT2D eigenvalue weighted by Crippen LogP contribution is 2.42. The summed E-state index contributed by atoms with van der Waals surface area (Å²) in [7, 11) is 1.69. The number of carbonyl (C=O) groups is 1. The third-order valence-corrected chi connectivity index (χ3v) is 3.72. The molecule has 2 aromatic heterocycles. The molecule has 1 aromatic carbocycles. The topological polar surface area (TPSA) is 55.1 Å². The first-order valence-electron chi connectivity index (χ1n) is 6.00. The molecule has 92 valence electrons. The van der Waals surface area contributed by atoms with Crippen LogP contribution in [-0.4, -0.2) is 20.4 Å². The molecule has 0 radical (unpaired) electrons. The highest BCUT2D eigenvalue weighted by molar-refractivity contribution is 6.25. The lowest BCUT2D eigenvalue weighted by Gasteiger charge is -2.15. The lowest BCUT2D eigenvalue weighted by Crippen LogP contribution is -2.13. The molecule has 0 aliphatic heterocycles. The average molecular weight is 250 g/mol. The fraction of sp³-hybridized carbons (Fsp3) is 0.0667. The smallest absolute Gasteiger partial charge is 0.210 e. The van der Waals surface area contributed by atoms with Gasteiger partial charge in [0.05, 0.1) is 5.69 Å². The maximum Gasteiger partial charge on any atom is 0.210 e. The number of aromatic hydroxyl groups is 1. The number of aromatic nitrogens is 2. The molecule has 3 aromatic rings. The quantitative estimate of drug-likeness (QED) is 0.521. The van der Waals surface area contributed by atoms with Crippen molar-refractivity contribution >= 4 is 16.6 Å². The molecule has 2 heterocycles. The van der Waals surface area contributed by atoms with Crippen LogP contribution in [-0.2, 0) is 7.05 Å². The van der Waals surface area contributed by atoms with Gasteiger partial charge >= 0.3 is 0 Å². The van der Waals surface area contributed by atoms with Crippen LogP contribution in [0.5, 0.6) is 5.88 Å². The summed E-state index contributed by atoms with van der Waals surface area (Å²) in [5, 5.41) is 11.6. The maximum atomic E-state index is 12.6. The van der Waals surface area contributed by atoms with E-state index in [4.69, 9.17) is 0 Å². The van der Waals surface area contributed by atoms with Crippen molar-refractivity contribution in [2.24, 2.45) is 7.05 Å². The van der Waals surface area contributed by atoms with Gasteiger partial charge in [0.2, 0.25) is 5.78 Å². The van der Waals surface area contributed by atoms with Gasteiger partial charge in [0.25, 0.3) is 0 Å². The Kier molecular flexibility index (Phi) is 1.75. The van der Waals surface area contributed by atoms with Crippen molar-refractivity contribution in [3.05, 3.63) is 47.8 Å². The standard InChI is InChI=1S/C15H10N2O2/c1-17-13-11-10(15(17)19)6-7-16-12(11)8-4-2-3-5-9(8)14(13)18/h2-7,19H,1H3. The zero-order valence-electron chi connectivity index (χ0n) is 10.2. The van der Waals surface area contributed by atoms with E-state index in [9.17, 15) is 9.90 Å². The molecule has 0 spiro atoms. The molecule has 19 heavy (non-hydrogen) atoms. The van der Waals surface area contributed by atoms with Gasteiger partial charge in [0.15, 0.2) is 5.88 Å². The van der Waals surface area contributed by atoms with Crippen molar-refractivity contribution < 1.29 is 9.90 Å². The molecular weight excluding hydrogens is 240 g/mol. The molecule has 0 saturated carbocycles. The van der Waals surface area contributed by atoms with E-state index in [-0.39, 0.29) is 11.7 Å². The van der Waals surface area contributed by atoms with Gasteiger partial charge in [-0.15, -0.1) is 0 Å². The van der Waals surface area contributed by atoms with Crippen molar-refractivity contribution in [3.8, 4) is 17.1 Å². The fourth-order valence-corrected chi connectivity index (χ4v) is 2.83. The minimum absolute atomic E-state index is 0.0658. The first kappa shape index (κ1) is 10.3. The van der Waals surface area contributed by atoms with Gasteiger partial charge in [-0.05, 0) is 6.07 Å². The Hall–Kier alpha value is -2.62. The number of pyridine rings is 1. The lowest BCUT2D eigenvalue weighted by molar-refractivity contribution is 0.103. The van der Waals surface area contributed by atoms with Crippen molar-refractivity contribution in [1.82, 2.24) is 9.55 Å². The van der Waals surface area contributed by atoms with E-state index in [0.717, 1.165) is 16.6 Å². The summed E-state index contributed by atoms with van der Waals surface area (Å²) in [6.07, 6.45) is 1.66. The summed E-state index contributed by atoms with van der Waals surface area (Å²) >= 11 is 0. The molecular formula is C15H10N2O2. The minimum Gasteiger partial charge on any atom is -0.494 e. The molecule has 0 bridgehead atoms. The summed E-state index contributed by atoms with van der Waals surface area (Å²) in [5.74, 6) is 0.0405. The summed E-state index contributed by atoms with van der Waals surface area (Å²) in [6, 6.07) is 9.15. The first-order valence-corrected chi connectivity index (χ1v) is 6.00. The predicted octanol–water partition coefficient (Wildman–Crippen LogP) is 2.49. The van der Waals surface area contributed by atoms with E-state index in [0.29, 0.717) is 16.6 Å². The van der Waals surface area contributed by atoms with Crippen molar-refractivity contribution in [3.63, 3.8) is 0 Å². The number of hydrogen-bond donors (Lipinski definition) is 1. The molecule has 1 aliphatic carbocycles. The van der Waals surface area contributed by atoms with Crippen LogP contribution in [0.2, 0.25) is 0 Å². The van der Waals surface area contributed by atoms with E-state index in [1.807, 2.05) is 18.2 Å². The Morgan fingerprint density at radius 3 is 2.68 bits per heavy atom. The van der Waals surface area contributed by atoms with Crippen LogP contribution in [0.15, 0.2) is 36.5 Å². The molecule has 0 fully saturated rings. The highest BCUT2D eigenvalue weighted by atomic mass is 16.3. The molecule has 4 rings (SSSR count). The summed E-state index contributed by atoms with van der Waals surface area (Å²) < 4.78 is 1.54. The Balaban J connectivity index is 2.30. The largest absolute Gasteiger partial charge is 0.494 e. The lowest BCUT2D eigenvalue weighted by atomic mass is 9.90. The van der Waals surface area contributed by atoms with Crippen molar-refractivity contribution in [2.45, 2.75) is 0 Å². The average Bonchev–Trinajstić information content (AvgIpc) is 2.70. The van der Waals surface area contributed by atoms with Crippen LogP contribution >= 0.6 is 0 Å². The molecule has 0 saturated heterocycles. The third kappa shape index (κ3) is 1.08. The number of nitrogens with zero attached hydrogens (tertiary/aromatic N) is 2. The number of ketones is 1. The second-order valence-corrected chi connectivity index (χ2v) is 4.69. The van der Waals surface area contributed by atoms with Crippen LogP contribution in [0.3, 0.4) is 0 Å². The Bertz CT molecular complexity index is 862. The van der Waals surface area contributed by atoms with Gasteiger partial charge in [0, 0.05) is 35.1 Å². The van der Waals surface area contributed by atoms with Crippen LogP contribution in [0, 0.1) is 0 Å². The Labute approximate surface area is 108 Å². The van der Waals surface area contributed by atoms with Crippen molar-refractivity contribution in [2.75, 3.05) is 0 Å². The number of fused-ring (bicyclic) bond motifs is 2. The predicted molar refractivity (Wildman–Crippen MR) is 71.2 cm³/mol. The molecule has 4 nitrogen and oxygen atoms in total. The van der Waals surface area contributed by atoms with Crippen LogP contribution < -0.4 is 0 Å². The molecule has 0 atom stereocenters. The highest BCUT2D eigenvalue weighted by Gasteiger charge is 2.30. The molecule has 0 unspecified atom stereocenters.